The number of benzene rings is 1. The first-order valence-corrected chi connectivity index (χ1v) is 9.17. The summed E-state index contributed by atoms with van der Waals surface area (Å²) in [6.07, 6.45) is 1.12. The van der Waals surface area contributed by atoms with Gasteiger partial charge < -0.3 is 15.5 Å². The quantitative estimate of drug-likeness (QED) is 0.285. The number of aliphatic imine (C=N–C) groups is 1. The molecular weight excluding hydrogens is 449 g/mol. The lowest BCUT2D eigenvalue weighted by Crippen LogP contribution is -2.47. The third-order valence-corrected chi connectivity index (χ3v) is 4.48. The summed E-state index contributed by atoms with van der Waals surface area (Å²) < 4.78 is 0. The van der Waals surface area contributed by atoms with Crippen LogP contribution in [0.3, 0.4) is 0 Å². The predicted molar refractivity (Wildman–Crippen MR) is 120 cm³/mol. The second-order valence-corrected chi connectivity index (χ2v) is 6.84. The summed E-state index contributed by atoms with van der Waals surface area (Å²) in [5.41, 5.74) is 1.16. The van der Waals surface area contributed by atoms with Crippen molar-refractivity contribution >= 4 is 47.2 Å². The number of anilines is 1. The molecule has 142 valence electrons. The lowest BCUT2D eigenvalue weighted by molar-refractivity contribution is 0.255. The number of hydrogen-bond donors (Lipinski definition) is 2. The SMILES string of the molecule is CN=C(NCCCN1CCN(c2ccccc2Cl)CC1)NC(C)C.I. The van der Waals surface area contributed by atoms with Crippen LogP contribution in [0.5, 0.6) is 0 Å². The van der Waals surface area contributed by atoms with Crippen LogP contribution >= 0.6 is 35.6 Å². The fourth-order valence-electron chi connectivity index (χ4n) is 2.90. The second-order valence-electron chi connectivity index (χ2n) is 6.43. The van der Waals surface area contributed by atoms with Crippen LogP contribution in [0.2, 0.25) is 5.02 Å². The molecule has 1 saturated heterocycles. The van der Waals surface area contributed by atoms with Crippen molar-refractivity contribution in [3.63, 3.8) is 0 Å². The van der Waals surface area contributed by atoms with Crippen molar-refractivity contribution in [1.82, 2.24) is 15.5 Å². The van der Waals surface area contributed by atoms with Crippen molar-refractivity contribution < 1.29 is 0 Å². The van der Waals surface area contributed by atoms with Crippen LogP contribution in [0, 0.1) is 0 Å². The van der Waals surface area contributed by atoms with Crippen molar-refractivity contribution in [2.75, 3.05) is 51.2 Å². The van der Waals surface area contributed by atoms with E-state index < -0.39 is 0 Å². The molecule has 7 heteroatoms. The first kappa shape index (κ1) is 22.3. The molecule has 0 amide bonds. The number of nitrogens with one attached hydrogen (secondary N) is 2. The Hall–Kier alpha value is -0.730. The van der Waals surface area contributed by atoms with Gasteiger partial charge in [-0.1, -0.05) is 23.7 Å². The minimum Gasteiger partial charge on any atom is -0.368 e. The summed E-state index contributed by atoms with van der Waals surface area (Å²) in [6, 6.07) is 8.51. The van der Waals surface area contributed by atoms with Crippen molar-refractivity contribution in [3.05, 3.63) is 29.3 Å². The van der Waals surface area contributed by atoms with Gasteiger partial charge in [-0.05, 0) is 38.9 Å². The van der Waals surface area contributed by atoms with Crippen LogP contribution in [0.1, 0.15) is 20.3 Å². The van der Waals surface area contributed by atoms with Gasteiger partial charge in [-0.3, -0.25) is 9.89 Å². The molecule has 0 radical (unpaired) electrons. The third kappa shape index (κ3) is 7.58. The van der Waals surface area contributed by atoms with Crippen molar-refractivity contribution in [3.8, 4) is 0 Å². The van der Waals surface area contributed by atoms with E-state index in [1.165, 1.54) is 0 Å². The highest BCUT2D eigenvalue weighted by Crippen LogP contribution is 2.25. The zero-order chi connectivity index (χ0) is 17.4. The van der Waals surface area contributed by atoms with Gasteiger partial charge in [0.2, 0.25) is 0 Å². The zero-order valence-corrected chi connectivity index (χ0v) is 18.6. The molecule has 0 saturated carbocycles. The van der Waals surface area contributed by atoms with E-state index in [9.17, 15) is 0 Å². The molecule has 25 heavy (non-hydrogen) atoms. The van der Waals surface area contributed by atoms with E-state index >= 15 is 0 Å². The molecule has 2 rings (SSSR count). The van der Waals surface area contributed by atoms with Gasteiger partial charge in [-0.15, -0.1) is 24.0 Å². The first-order chi connectivity index (χ1) is 11.6. The normalized spacial score (nSPS) is 15.9. The summed E-state index contributed by atoms with van der Waals surface area (Å²) in [4.78, 5) is 9.13. The van der Waals surface area contributed by atoms with Gasteiger partial charge in [0.15, 0.2) is 5.96 Å². The van der Waals surface area contributed by atoms with Crippen molar-refractivity contribution in [2.45, 2.75) is 26.3 Å². The van der Waals surface area contributed by atoms with Gasteiger partial charge in [-0.25, -0.2) is 0 Å². The maximum absolute atomic E-state index is 6.29. The fraction of sp³-hybridized carbons (Fsp3) is 0.611. The highest BCUT2D eigenvalue weighted by molar-refractivity contribution is 14.0. The second kappa shape index (κ2) is 11.8. The number of guanidine groups is 1. The van der Waals surface area contributed by atoms with Crippen LogP contribution in [-0.2, 0) is 0 Å². The molecule has 1 aliphatic heterocycles. The van der Waals surface area contributed by atoms with E-state index in [1.54, 1.807) is 0 Å². The Balaban J connectivity index is 0.00000312. The molecule has 1 aromatic carbocycles. The highest BCUT2D eigenvalue weighted by atomic mass is 127. The topological polar surface area (TPSA) is 42.9 Å². The largest absolute Gasteiger partial charge is 0.368 e. The standard InChI is InChI=1S/C18H30ClN5.HI/c1-15(2)22-18(20-3)21-9-6-10-23-11-13-24(14-12-23)17-8-5-4-7-16(17)19;/h4-5,7-8,15H,6,9-14H2,1-3H3,(H2,20,21,22);1H. The Morgan fingerprint density at radius 1 is 1.20 bits per heavy atom. The van der Waals surface area contributed by atoms with E-state index in [0.29, 0.717) is 6.04 Å². The average molecular weight is 480 g/mol. The molecule has 0 atom stereocenters. The Bertz CT molecular complexity index is 530. The molecule has 0 unspecified atom stereocenters. The maximum Gasteiger partial charge on any atom is 0.191 e. The van der Waals surface area contributed by atoms with Gasteiger partial charge in [0.1, 0.15) is 0 Å². The summed E-state index contributed by atoms with van der Waals surface area (Å²) in [5, 5.41) is 7.52. The van der Waals surface area contributed by atoms with Gasteiger partial charge in [0.25, 0.3) is 0 Å². The van der Waals surface area contributed by atoms with Crippen LogP contribution < -0.4 is 15.5 Å². The number of para-hydroxylation sites is 1. The molecule has 1 aliphatic rings. The van der Waals surface area contributed by atoms with Crippen LogP contribution in [-0.4, -0.2) is 63.2 Å². The smallest absolute Gasteiger partial charge is 0.191 e. The van der Waals surface area contributed by atoms with Crippen molar-refractivity contribution in [1.29, 1.82) is 0 Å². The van der Waals surface area contributed by atoms with Crippen molar-refractivity contribution in [2.24, 2.45) is 4.99 Å². The minimum absolute atomic E-state index is 0. The van der Waals surface area contributed by atoms with Crippen LogP contribution in [0.4, 0.5) is 5.69 Å². The van der Waals surface area contributed by atoms with E-state index in [4.69, 9.17) is 11.6 Å². The summed E-state index contributed by atoms with van der Waals surface area (Å²) >= 11 is 6.29. The molecule has 1 fully saturated rings. The highest BCUT2D eigenvalue weighted by Gasteiger charge is 2.18. The fourth-order valence-corrected chi connectivity index (χ4v) is 3.15. The molecule has 0 spiro atoms. The number of piperazine rings is 1. The molecule has 1 heterocycles. The van der Waals surface area contributed by atoms with Gasteiger partial charge in [0, 0.05) is 45.8 Å². The Kier molecular flexibility index (Phi) is 10.5. The Morgan fingerprint density at radius 2 is 1.88 bits per heavy atom. The molecule has 2 N–H and O–H groups in total. The molecule has 0 bridgehead atoms. The number of halogens is 2. The summed E-state index contributed by atoms with van der Waals surface area (Å²) in [7, 11) is 1.81. The number of hydrogen-bond acceptors (Lipinski definition) is 3. The minimum atomic E-state index is 0. The van der Waals surface area contributed by atoms with E-state index in [0.717, 1.165) is 62.4 Å². The lowest BCUT2D eigenvalue weighted by atomic mass is 10.2. The van der Waals surface area contributed by atoms with E-state index in [2.05, 4.69) is 51.4 Å². The monoisotopic (exact) mass is 479 g/mol. The lowest BCUT2D eigenvalue weighted by Gasteiger charge is -2.36. The number of rotatable bonds is 6. The molecule has 5 nitrogen and oxygen atoms in total. The summed E-state index contributed by atoms with van der Waals surface area (Å²) in [6.45, 7) is 10.5. The summed E-state index contributed by atoms with van der Waals surface area (Å²) in [5.74, 6) is 0.883. The molecule has 0 aliphatic carbocycles. The maximum atomic E-state index is 6.29. The van der Waals surface area contributed by atoms with Gasteiger partial charge in [0.05, 0.1) is 10.7 Å². The predicted octanol–water partition coefficient (Wildman–Crippen LogP) is 3.04. The zero-order valence-electron chi connectivity index (χ0n) is 15.5. The molecular formula is C18H31ClIN5. The van der Waals surface area contributed by atoms with Crippen LogP contribution in [0.25, 0.3) is 0 Å². The first-order valence-electron chi connectivity index (χ1n) is 8.79. The van der Waals surface area contributed by atoms with Gasteiger partial charge in [-0.2, -0.15) is 0 Å². The number of nitrogens with zero attached hydrogens (tertiary/aromatic N) is 3. The molecule has 0 aromatic heterocycles. The van der Waals surface area contributed by atoms with Gasteiger partial charge >= 0.3 is 0 Å². The Morgan fingerprint density at radius 3 is 2.48 bits per heavy atom. The van der Waals surface area contributed by atoms with E-state index in [-0.39, 0.29) is 24.0 Å². The molecule has 1 aromatic rings. The van der Waals surface area contributed by atoms with Crippen LogP contribution in [0.15, 0.2) is 29.3 Å². The Labute approximate surface area is 174 Å². The average Bonchev–Trinajstić information content (AvgIpc) is 2.58. The van der Waals surface area contributed by atoms with E-state index in [1.807, 2.05) is 19.2 Å². The third-order valence-electron chi connectivity index (χ3n) is 4.16.